The third-order valence-electron chi connectivity index (χ3n) is 3.41. The van der Waals surface area contributed by atoms with Gasteiger partial charge in [0, 0.05) is 18.0 Å². The van der Waals surface area contributed by atoms with Gasteiger partial charge in [-0.1, -0.05) is 12.1 Å². The minimum atomic E-state index is -0.509. The number of thiophene rings is 1. The Kier molecular flexibility index (Phi) is 5.79. The third kappa shape index (κ3) is 4.84. The van der Waals surface area contributed by atoms with E-state index < -0.39 is 6.10 Å². The summed E-state index contributed by atoms with van der Waals surface area (Å²) in [6.07, 6.45) is -0.509. The first-order valence-electron chi connectivity index (χ1n) is 7.18. The van der Waals surface area contributed by atoms with E-state index in [4.69, 9.17) is 4.74 Å². The highest BCUT2D eigenvalue weighted by Gasteiger charge is 2.07. The van der Waals surface area contributed by atoms with E-state index in [0.717, 1.165) is 23.4 Å². The molecular weight excluding hydrogens is 282 g/mol. The zero-order valence-corrected chi connectivity index (χ0v) is 13.7. The first-order valence-corrected chi connectivity index (χ1v) is 8.06. The number of ether oxygens (including phenoxy) is 1. The summed E-state index contributed by atoms with van der Waals surface area (Å²) >= 11 is 1.74. The molecule has 1 aromatic carbocycles. The number of hydrogen-bond acceptors (Lipinski definition) is 4. The van der Waals surface area contributed by atoms with Crippen molar-refractivity contribution in [1.82, 2.24) is 5.32 Å². The van der Waals surface area contributed by atoms with Crippen LogP contribution in [-0.4, -0.2) is 24.4 Å². The van der Waals surface area contributed by atoms with Crippen LogP contribution in [0.2, 0.25) is 0 Å². The van der Waals surface area contributed by atoms with Gasteiger partial charge in [0.25, 0.3) is 0 Å². The lowest BCUT2D eigenvalue weighted by Crippen LogP contribution is -2.31. The highest BCUT2D eigenvalue weighted by molar-refractivity contribution is 7.10. The van der Waals surface area contributed by atoms with Crippen molar-refractivity contribution in [3.05, 3.63) is 51.2 Å². The minimum absolute atomic E-state index is 0.306. The Morgan fingerprint density at radius 1 is 1.19 bits per heavy atom. The molecule has 0 saturated heterocycles. The van der Waals surface area contributed by atoms with Crippen molar-refractivity contribution < 1.29 is 9.84 Å². The lowest BCUT2D eigenvalue weighted by molar-refractivity contribution is 0.106. The third-order valence-corrected chi connectivity index (χ3v) is 4.43. The molecule has 1 unspecified atom stereocenters. The molecule has 0 amide bonds. The van der Waals surface area contributed by atoms with Crippen LogP contribution in [0.25, 0.3) is 0 Å². The summed E-state index contributed by atoms with van der Waals surface area (Å²) < 4.78 is 5.70. The van der Waals surface area contributed by atoms with Gasteiger partial charge in [0.1, 0.15) is 18.5 Å². The first-order chi connectivity index (χ1) is 10.1. The Morgan fingerprint density at radius 3 is 2.71 bits per heavy atom. The zero-order chi connectivity index (χ0) is 15.2. The molecule has 2 rings (SSSR count). The van der Waals surface area contributed by atoms with Crippen molar-refractivity contribution in [2.24, 2.45) is 0 Å². The SMILES string of the molecule is Cc1ccc(C)c(OCC(O)CNCc2sccc2C)c1. The van der Waals surface area contributed by atoms with Gasteiger partial charge < -0.3 is 15.2 Å². The van der Waals surface area contributed by atoms with Gasteiger partial charge >= 0.3 is 0 Å². The molecule has 1 aromatic heterocycles. The van der Waals surface area contributed by atoms with Gasteiger partial charge in [-0.15, -0.1) is 11.3 Å². The summed E-state index contributed by atoms with van der Waals surface area (Å²) in [4.78, 5) is 1.32. The Bertz CT molecular complexity index is 580. The van der Waals surface area contributed by atoms with Crippen molar-refractivity contribution in [3.63, 3.8) is 0 Å². The van der Waals surface area contributed by atoms with Crippen LogP contribution in [0.5, 0.6) is 5.75 Å². The van der Waals surface area contributed by atoms with Crippen LogP contribution in [0, 0.1) is 20.8 Å². The number of aryl methyl sites for hydroxylation is 3. The van der Waals surface area contributed by atoms with Crippen LogP contribution in [0.1, 0.15) is 21.6 Å². The van der Waals surface area contributed by atoms with Gasteiger partial charge in [-0.25, -0.2) is 0 Å². The molecule has 0 spiro atoms. The van der Waals surface area contributed by atoms with Crippen LogP contribution in [0.3, 0.4) is 0 Å². The predicted molar refractivity (Wildman–Crippen MR) is 88.2 cm³/mol. The summed E-state index contributed by atoms with van der Waals surface area (Å²) in [6.45, 7) is 7.78. The van der Waals surface area contributed by atoms with Gasteiger partial charge in [-0.2, -0.15) is 0 Å². The Hall–Kier alpha value is -1.36. The monoisotopic (exact) mass is 305 g/mol. The quantitative estimate of drug-likeness (QED) is 0.825. The van der Waals surface area contributed by atoms with Crippen molar-refractivity contribution in [2.45, 2.75) is 33.4 Å². The Labute approximate surface area is 130 Å². The summed E-state index contributed by atoms with van der Waals surface area (Å²) in [7, 11) is 0. The van der Waals surface area contributed by atoms with Crippen LogP contribution < -0.4 is 10.1 Å². The molecule has 114 valence electrons. The number of aliphatic hydroxyl groups excluding tert-OH is 1. The average Bonchev–Trinajstić information content (AvgIpc) is 2.85. The maximum atomic E-state index is 9.98. The number of aliphatic hydroxyl groups is 1. The number of nitrogens with one attached hydrogen (secondary N) is 1. The molecule has 0 radical (unpaired) electrons. The van der Waals surface area contributed by atoms with Crippen molar-refractivity contribution in [2.75, 3.05) is 13.2 Å². The highest BCUT2D eigenvalue weighted by Crippen LogP contribution is 2.19. The largest absolute Gasteiger partial charge is 0.491 e. The standard InChI is InChI=1S/C17H23NO2S/c1-12-4-5-13(2)16(8-12)20-11-15(19)9-18-10-17-14(3)6-7-21-17/h4-8,15,18-19H,9-11H2,1-3H3. The van der Waals surface area contributed by atoms with Crippen molar-refractivity contribution in [1.29, 1.82) is 0 Å². The van der Waals surface area contributed by atoms with E-state index in [0.29, 0.717) is 13.2 Å². The fraction of sp³-hybridized carbons (Fsp3) is 0.412. The fourth-order valence-electron chi connectivity index (χ4n) is 2.05. The molecule has 0 fully saturated rings. The maximum absolute atomic E-state index is 9.98. The predicted octanol–water partition coefficient (Wildman–Crippen LogP) is 3.20. The molecule has 4 heteroatoms. The van der Waals surface area contributed by atoms with Gasteiger partial charge in [-0.05, 0) is 55.0 Å². The maximum Gasteiger partial charge on any atom is 0.122 e. The van der Waals surface area contributed by atoms with E-state index >= 15 is 0 Å². The molecule has 2 aromatic rings. The van der Waals surface area contributed by atoms with E-state index in [2.05, 4.69) is 29.8 Å². The molecule has 1 heterocycles. The molecule has 0 bridgehead atoms. The molecule has 3 nitrogen and oxygen atoms in total. The number of hydrogen-bond donors (Lipinski definition) is 2. The van der Waals surface area contributed by atoms with Gasteiger partial charge in [0.05, 0.1) is 0 Å². The second-order valence-electron chi connectivity index (χ2n) is 5.39. The molecule has 1 atom stereocenters. The molecule has 0 aliphatic carbocycles. The van der Waals surface area contributed by atoms with Crippen molar-refractivity contribution >= 4 is 11.3 Å². The topological polar surface area (TPSA) is 41.5 Å². The Balaban J connectivity index is 1.73. The molecule has 0 aliphatic heterocycles. The summed E-state index contributed by atoms with van der Waals surface area (Å²) in [6, 6.07) is 8.21. The highest BCUT2D eigenvalue weighted by atomic mass is 32.1. The zero-order valence-electron chi connectivity index (χ0n) is 12.8. The van der Waals surface area contributed by atoms with Crippen LogP contribution in [-0.2, 0) is 6.54 Å². The minimum Gasteiger partial charge on any atom is -0.491 e. The average molecular weight is 305 g/mol. The Morgan fingerprint density at radius 2 is 2.00 bits per heavy atom. The molecule has 2 N–H and O–H groups in total. The molecule has 21 heavy (non-hydrogen) atoms. The van der Waals surface area contributed by atoms with Gasteiger partial charge in [0.15, 0.2) is 0 Å². The van der Waals surface area contributed by atoms with E-state index in [-0.39, 0.29) is 0 Å². The van der Waals surface area contributed by atoms with Crippen LogP contribution in [0.4, 0.5) is 0 Å². The van der Waals surface area contributed by atoms with Crippen LogP contribution >= 0.6 is 11.3 Å². The fourth-order valence-corrected chi connectivity index (χ4v) is 2.92. The van der Waals surface area contributed by atoms with E-state index in [1.54, 1.807) is 11.3 Å². The normalized spacial score (nSPS) is 12.4. The second kappa shape index (κ2) is 7.59. The van der Waals surface area contributed by atoms with Gasteiger partial charge in [0.2, 0.25) is 0 Å². The van der Waals surface area contributed by atoms with Crippen LogP contribution in [0.15, 0.2) is 29.6 Å². The summed E-state index contributed by atoms with van der Waals surface area (Å²) in [5, 5.41) is 15.3. The first kappa shape index (κ1) is 16.0. The van der Waals surface area contributed by atoms with Gasteiger partial charge in [-0.3, -0.25) is 0 Å². The lowest BCUT2D eigenvalue weighted by Gasteiger charge is -2.15. The van der Waals surface area contributed by atoms with E-state index in [9.17, 15) is 5.11 Å². The van der Waals surface area contributed by atoms with E-state index in [1.807, 2.05) is 26.0 Å². The molecule has 0 aliphatic rings. The molecule has 0 saturated carbocycles. The number of benzene rings is 1. The van der Waals surface area contributed by atoms with Crippen molar-refractivity contribution in [3.8, 4) is 5.75 Å². The number of rotatable bonds is 7. The summed E-state index contributed by atoms with van der Waals surface area (Å²) in [5.74, 6) is 0.850. The lowest BCUT2D eigenvalue weighted by atomic mass is 10.1. The second-order valence-corrected chi connectivity index (χ2v) is 6.39. The summed E-state index contributed by atoms with van der Waals surface area (Å²) in [5.41, 5.74) is 3.56. The van der Waals surface area contributed by atoms with E-state index in [1.165, 1.54) is 10.4 Å². The smallest absolute Gasteiger partial charge is 0.122 e. The molecular formula is C17H23NO2S.